The standard InChI is InChI=1S/C19H19N3O2S.C17H17N3OS.C2H6/c20-14-4-5-15-16(12-2-1-3-13(8-12)19(21)25)10-22(17(15)9-14)11-18-23-6-7-24-18;18-13-4-5-14-15(10-20(6-7-21)16(14)9-13)11-2-1-3-12(8-11)17(19)22;1-2/h1-5,8-10,18H,6-7,11,20H2,(H2,21,25);1-5,8-10,21H,6-7,18H2,(H2,19,22);1-2H3. The highest BCUT2D eigenvalue weighted by atomic mass is 32.1. The van der Waals surface area contributed by atoms with Gasteiger partial charge in [0.25, 0.3) is 0 Å². The van der Waals surface area contributed by atoms with Gasteiger partial charge in [-0.1, -0.05) is 86.8 Å². The molecule has 1 saturated heterocycles. The minimum atomic E-state index is -0.229. The van der Waals surface area contributed by atoms with Crippen molar-refractivity contribution >= 4 is 67.6 Å². The summed E-state index contributed by atoms with van der Waals surface area (Å²) in [5, 5.41) is 11.5. The number of fused-ring (bicyclic) bond motifs is 2. The minimum absolute atomic E-state index is 0.0743. The molecule has 1 aliphatic rings. The van der Waals surface area contributed by atoms with Gasteiger partial charge in [-0.25, -0.2) is 0 Å². The maximum absolute atomic E-state index is 9.26. The van der Waals surface area contributed by atoms with E-state index in [0.29, 0.717) is 42.0 Å². The molecule has 2 aromatic heterocycles. The predicted octanol–water partition coefficient (Wildman–Crippen LogP) is 6.44. The van der Waals surface area contributed by atoms with Crippen molar-refractivity contribution < 1.29 is 14.6 Å². The quantitative estimate of drug-likeness (QED) is 0.0895. The Morgan fingerprint density at radius 2 is 1.18 bits per heavy atom. The molecule has 11 heteroatoms. The number of thiocarbonyl (C=S) groups is 2. The van der Waals surface area contributed by atoms with E-state index in [2.05, 4.69) is 16.8 Å². The van der Waals surface area contributed by atoms with Crippen molar-refractivity contribution in [3.8, 4) is 22.3 Å². The molecule has 0 bridgehead atoms. The first-order valence-corrected chi connectivity index (χ1v) is 16.9. The lowest BCUT2D eigenvalue weighted by Crippen LogP contribution is -2.16. The fraction of sp³-hybridized carbons (Fsp3) is 0.211. The molecule has 0 saturated carbocycles. The highest BCUT2D eigenvalue weighted by Gasteiger charge is 2.19. The van der Waals surface area contributed by atoms with E-state index in [0.717, 1.165) is 60.9 Å². The molecule has 6 aromatic rings. The molecule has 0 amide bonds. The Morgan fingerprint density at radius 1 is 0.714 bits per heavy atom. The van der Waals surface area contributed by atoms with Crippen molar-refractivity contribution in [2.45, 2.75) is 33.2 Å². The third kappa shape index (κ3) is 8.10. The van der Waals surface area contributed by atoms with Crippen LogP contribution in [0, 0.1) is 0 Å². The van der Waals surface area contributed by atoms with Crippen molar-refractivity contribution in [3.63, 3.8) is 0 Å². The van der Waals surface area contributed by atoms with E-state index in [1.807, 2.05) is 103 Å². The van der Waals surface area contributed by atoms with E-state index in [-0.39, 0.29) is 12.9 Å². The van der Waals surface area contributed by atoms with Crippen LogP contribution in [0.3, 0.4) is 0 Å². The number of aliphatic hydroxyl groups is 1. The molecule has 0 spiro atoms. The molecule has 0 atom stereocenters. The summed E-state index contributed by atoms with van der Waals surface area (Å²) in [4.78, 5) is 0.771. The fourth-order valence-electron chi connectivity index (χ4n) is 5.88. The van der Waals surface area contributed by atoms with E-state index >= 15 is 0 Å². The zero-order valence-electron chi connectivity index (χ0n) is 27.6. The highest BCUT2D eigenvalue weighted by Crippen LogP contribution is 2.34. The maximum atomic E-state index is 9.26. The summed E-state index contributed by atoms with van der Waals surface area (Å²) in [5.41, 5.74) is 32.9. The van der Waals surface area contributed by atoms with Crippen LogP contribution in [0.15, 0.2) is 97.3 Å². The summed E-state index contributed by atoms with van der Waals surface area (Å²) in [6, 6.07) is 27.5. The van der Waals surface area contributed by atoms with Crippen LogP contribution in [-0.4, -0.2) is 50.3 Å². The lowest BCUT2D eigenvalue weighted by Gasteiger charge is -2.11. The molecular weight excluding hydrogens is 653 g/mol. The smallest absolute Gasteiger partial charge is 0.175 e. The van der Waals surface area contributed by atoms with Gasteiger partial charge in [-0.2, -0.15) is 0 Å². The molecule has 3 heterocycles. The third-order valence-corrected chi connectivity index (χ3v) is 8.58. The lowest BCUT2D eigenvalue weighted by atomic mass is 10.0. The molecule has 254 valence electrons. The molecule has 0 aliphatic carbocycles. The van der Waals surface area contributed by atoms with Gasteiger partial charge < -0.3 is 46.6 Å². The third-order valence-electron chi connectivity index (χ3n) is 8.11. The molecule has 0 radical (unpaired) electrons. The number of hydrogen-bond acceptors (Lipinski definition) is 7. The zero-order valence-corrected chi connectivity index (χ0v) is 29.3. The summed E-state index contributed by atoms with van der Waals surface area (Å²) in [5.74, 6) is 0. The van der Waals surface area contributed by atoms with Gasteiger partial charge >= 0.3 is 0 Å². The molecule has 1 fully saturated rings. The molecule has 9 nitrogen and oxygen atoms in total. The Kier molecular flexibility index (Phi) is 11.7. The number of ether oxygens (including phenoxy) is 2. The minimum Gasteiger partial charge on any atom is -0.399 e. The van der Waals surface area contributed by atoms with Crippen LogP contribution in [0.1, 0.15) is 25.0 Å². The molecular formula is C38H42N6O3S2. The first-order chi connectivity index (χ1) is 23.7. The average Bonchev–Trinajstić information content (AvgIpc) is 3.85. The summed E-state index contributed by atoms with van der Waals surface area (Å²) in [6.07, 6.45) is 3.90. The van der Waals surface area contributed by atoms with Crippen LogP contribution in [0.5, 0.6) is 0 Å². The number of aromatic nitrogens is 2. The van der Waals surface area contributed by atoms with Crippen molar-refractivity contribution in [2.24, 2.45) is 11.5 Å². The summed E-state index contributed by atoms with van der Waals surface area (Å²) < 4.78 is 15.3. The SMILES string of the molecule is CC.NC(=S)c1cccc(-c2cn(CC3OCCO3)c3cc(N)ccc23)c1.NC(=S)c1cccc(-c2cn(CCO)c3cc(N)ccc23)c1. The Balaban J connectivity index is 0.000000183. The van der Waals surface area contributed by atoms with Gasteiger partial charge in [-0.15, -0.1) is 0 Å². The second kappa shape index (κ2) is 16.1. The van der Waals surface area contributed by atoms with Crippen LogP contribution in [-0.2, 0) is 22.6 Å². The lowest BCUT2D eigenvalue weighted by molar-refractivity contribution is -0.0516. The number of anilines is 2. The van der Waals surface area contributed by atoms with Crippen molar-refractivity contribution in [1.29, 1.82) is 0 Å². The maximum Gasteiger partial charge on any atom is 0.175 e. The average molecular weight is 695 g/mol. The van der Waals surface area contributed by atoms with Crippen molar-refractivity contribution in [1.82, 2.24) is 9.13 Å². The van der Waals surface area contributed by atoms with Crippen LogP contribution in [0.4, 0.5) is 11.4 Å². The molecule has 9 N–H and O–H groups in total. The second-order valence-corrected chi connectivity index (χ2v) is 12.1. The van der Waals surface area contributed by atoms with Gasteiger partial charge in [0.05, 0.1) is 37.4 Å². The normalized spacial score (nSPS) is 12.7. The summed E-state index contributed by atoms with van der Waals surface area (Å²) in [7, 11) is 0. The number of benzene rings is 4. The molecule has 49 heavy (non-hydrogen) atoms. The van der Waals surface area contributed by atoms with E-state index < -0.39 is 0 Å². The topological polar surface area (TPSA) is 153 Å². The second-order valence-electron chi connectivity index (χ2n) is 11.3. The Hall–Kier alpha value is -4.78. The largest absolute Gasteiger partial charge is 0.399 e. The number of aliphatic hydroxyl groups excluding tert-OH is 1. The van der Waals surface area contributed by atoms with Gasteiger partial charge in [0.2, 0.25) is 0 Å². The fourth-order valence-corrected chi connectivity index (χ4v) is 6.13. The van der Waals surface area contributed by atoms with Gasteiger partial charge in [-0.3, -0.25) is 0 Å². The molecule has 4 aromatic carbocycles. The highest BCUT2D eigenvalue weighted by molar-refractivity contribution is 7.80. The Bertz CT molecular complexity index is 2100. The monoisotopic (exact) mass is 694 g/mol. The van der Waals surface area contributed by atoms with Gasteiger partial charge in [0, 0.05) is 63.3 Å². The molecule has 0 unspecified atom stereocenters. The van der Waals surface area contributed by atoms with Crippen LogP contribution in [0.25, 0.3) is 44.1 Å². The van der Waals surface area contributed by atoms with E-state index in [9.17, 15) is 5.11 Å². The summed E-state index contributed by atoms with van der Waals surface area (Å²) >= 11 is 10.2. The van der Waals surface area contributed by atoms with Crippen LogP contribution < -0.4 is 22.9 Å². The van der Waals surface area contributed by atoms with Crippen molar-refractivity contribution in [2.75, 3.05) is 31.3 Å². The number of nitrogens with zero attached hydrogens (tertiary/aromatic N) is 2. The number of nitrogen functional groups attached to an aromatic ring is 2. The number of hydrogen-bond donors (Lipinski definition) is 5. The van der Waals surface area contributed by atoms with Gasteiger partial charge in [0.15, 0.2) is 6.29 Å². The number of nitrogens with two attached hydrogens (primary N) is 4. The first kappa shape index (κ1) is 35.5. The molecule has 7 rings (SSSR count). The van der Waals surface area contributed by atoms with E-state index in [1.54, 1.807) is 0 Å². The number of rotatable bonds is 8. The van der Waals surface area contributed by atoms with Gasteiger partial charge in [-0.05, 0) is 47.5 Å². The van der Waals surface area contributed by atoms with E-state index in [1.165, 1.54) is 0 Å². The van der Waals surface area contributed by atoms with E-state index in [4.69, 9.17) is 56.8 Å². The van der Waals surface area contributed by atoms with Crippen molar-refractivity contribution in [3.05, 3.63) is 108 Å². The molecule has 1 aliphatic heterocycles. The van der Waals surface area contributed by atoms with Crippen LogP contribution in [0.2, 0.25) is 0 Å². The Morgan fingerprint density at radius 3 is 1.65 bits per heavy atom. The first-order valence-electron chi connectivity index (χ1n) is 16.1. The predicted molar refractivity (Wildman–Crippen MR) is 209 cm³/mol. The Labute approximate surface area is 297 Å². The zero-order chi connectivity index (χ0) is 35.1. The summed E-state index contributed by atoms with van der Waals surface area (Å²) in [6.45, 7) is 6.48. The van der Waals surface area contributed by atoms with Crippen LogP contribution >= 0.6 is 24.4 Å². The van der Waals surface area contributed by atoms with Gasteiger partial charge in [0.1, 0.15) is 9.98 Å².